The molecule has 1 fully saturated rings. The maximum Gasteiger partial charge on any atom is 0.303 e. The van der Waals surface area contributed by atoms with E-state index >= 15 is 0 Å². The monoisotopic (exact) mass is 482 g/mol. The quantitative estimate of drug-likeness (QED) is 0.272. The Hall–Kier alpha value is -3.73. The van der Waals surface area contributed by atoms with Gasteiger partial charge in [0.2, 0.25) is 0 Å². The Balaban J connectivity index is 1.29. The molecule has 1 aromatic heterocycles. The predicted molar refractivity (Wildman–Crippen MR) is 143 cm³/mol. The number of carbonyl (C=O) groups is 1. The second-order valence-corrected chi connectivity index (χ2v) is 9.84. The Bertz CT molecular complexity index is 1390. The van der Waals surface area contributed by atoms with Crippen molar-refractivity contribution in [2.24, 2.45) is 5.92 Å². The number of carboxylic acid groups (broad SMARTS) is 1. The highest BCUT2D eigenvalue weighted by molar-refractivity contribution is 5.82. The number of imidazole rings is 1. The van der Waals surface area contributed by atoms with E-state index in [9.17, 15) is 9.18 Å². The maximum atomic E-state index is 14.3. The van der Waals surface area contributed by atoms with Gasteiger partial charge in [0.1, 0.15) is 11.6 Å². The van der Waals surface area contributed by atoms with Crippen molar-refractivity contribution in [3.05, 3.63) is 83.7 Å². The van der Waals surface area contributed by atoms with Gasteiger partial charge in [0.25, 0.3) is 0 Å². The molecule has 36 heavy (non-hydrogen) atoms. The summed E-state index contributed by atoms with van der Waals surface area (Å²) in [6.45, 7) is 1.87. The molecule has 4 nitrogen and oxygen atoms in total. The summed E-state index contributed by atoms with van der Waals surface area (Å²) in [5.74, 6) is 0.594. The van der Waals surface area contributed by atoms with Gasteiger partial charge in [-0.2, -0.15) is 0 Å². The summed E-state index contributed by atoms with van der Waals surface area (Å²) in [4.78, 5) is 19.0. The molecule has 2 atom stereocenters. The molecule has 1 aliphatic carbocycles. The topological polar surface area (TPSA) is 66.0 Å². The number of H-pyrrole nitrogens is 1. The van der Waals surface area contributed by atoms with E-state index in [-0.39, 0.29) is 5.82 Å². The molecule has 3 aromatic carbocycles. The van der Waals surface area contributed by atoms with Crippen LogP contribution in [0.15, 0.2) is 66.7 Å². The zero-order valence-corrected chi connectivity index (χ0v) is 20.5. The van der Waals surface area contributed by atoms with Crippen LogP contribution in [0.2, 0.25) is 0 Å². The Morgan fingerprint density at radius 3 is 2.39 bits per heavy atom. The third kappa shape index (κ3) is 5.25. The number of allylic oxidation sites excluding steroid dienone is 1. The lowest BCUT2D eigenvalue weighted by molar-refractivity contribution is -0.138. The highest BCUT2D eigenvalue weighted by Gasteiger charge is 2.22. The van der Waals surface area contributed by atoms with Crippen LogP contribution in [-0.4, -0.2) is 21.0 Å². The molecule has 0 aliphatic heterocycles. The zero-order chi connectivity index (χ0) is 25.1. The summed E-state index contributed by atoms with van der Waals surface area (Å²) < 4.78 is 14.3. The van der Waals surface area contributed by atoms with Crippen molar-refractivity contribution in [2.45, 2.75) is 51.4 Å². The predicted octanol–water partition coefficient (Wildman–Crippen LogP) is 8.21. The van der Waals surface area contributed by atoms with Crippen LogP contribution >= 0.6 is 0 Å². The van der Waals surface area contributed by atoms with Gasteiger partial charge < -0.3 is 10.1 Å². The molecule has 2 unspecified atom stereocenters. The molecule has 1 saturated carbocycles. The van der Waals surface area contributed by atoms with Gasteiger partial charge in [0.15, 0.2) is 0 Å². The minimum absolute atomic E-state index is 0.265. The van der Waals surface area contributed by atoms with E-state index in [1.54, 1.807) is 12.1 Å². The van der Waals surface area contributed by atoms with Crippen molar-refractivity contribution in [2.75, 3.05) is 0 Å². The lowest BCUT2D eigenvalue weighted by Gasteiger charge is -2.16. The van der Waals surface area contributed by atoms with Crippen LogP contribution in [0, 0.1) is 11.7 Å². The number of nitrogens with one attached hydrogen (secondary N) is 1. The first-order valence-electron chi connectivity index (χ1n) is 12.7. The first-order chi connectivity index (χ1) is 17.5. The normalized spacial score (nSPS) is 18.5. The number of nitrogens with zero attached hydrogens (tertiary/aromatic N) is 1. The van der Waals surface area contributed by atoms with Crippen LogP contribution in [0.1, 0.15) is 62.5 Å². The second kappa shape index (κ2) is 10.5. The van der Waals surface area contributed by atoms with E-state index in [0.717, 1.165) is 60.1 Å². The Kier molecular flexibility index (Phi) is 6.99. The fraction of sp³-hybridized carbons (Fsp3) is 0.290. The number of aliphatic carboxylic acids is 1. The molecule has 1 aliphatic rings. The van der Waals surface area contributed by atoms with Gasteiger partial charge in [0.05, 0.1) is 11.0 Å². The summed E-state index contributed by atoms with van der Waals surface area (Å²) in [6.07, 6.45) is 9.15. The smallest absolute Gasteiger partial charge is 0.303 e. The highest BCUT2D eigenvalue weighted by Crippen LogP contribution is 2.36. The Labute approximate surface area is 210 Å². The molecule has 0 saturated heterocycles. The van der Waals surface area contributed by atoms with Gasteiger partial charge >= 0.3 is 5.97 Å². The number of halogens is 1. The summed E-state index contributed by atoms with van der Waals surface area (Å²) in [6, 6.07) is 20.3. The van der Waals surface area contributed by atoms with Crippen molar-refractivity contribution in [1.29, 1.82) is 0 Å². The van der Waals surface area contributed by atoms with Crippen molar-refractivity contribution >= 4 is 23.1 Å². The van der Waals surface area contributed by atoms with Gasteiger partial charge in [-0.05, 0) is 67.2 Å². The Morgan fingerprint density at radius 2 is 1.69 bits per heavy atom. The van der Waals surface area contributed by atoms with E-state index in [4.69, 9.17) is 5.11 Å². The number of carboxylic acids is 1. The fourth-order valence-corrected chi connectivity index (χ4v) is 5.42. The average Bonchev–Trinajstić information content (AvgIpc) is 3.14. The largest absolute Gasteiger partial charge is 0.481 e. The van der Waals surface area contributed by atoms with Crippen LogP contribution in [0.3, 0.4) is 0 Å². The van der Waals surface area contributed by atoms with Crippen LogP contribution in [0.5, 0.6) is 0 Å². The lowest BCUT2D eigenvalue weighted by atomic mass is 9.89. The minimum atomic E-state index is -0.679. The van der Waals surface area contributed by atoms with Crippen LogP contribution in [0.4, 0.5) is 4.39 Å². The Morgan fingerprint density at radius 1 is 1.00 bits per heavy atom. The molecule has 4 aromatic rings. The number of hydrogen-bond donors (Lipinski definition) is 2. The third-order valence-corrected chi connectivity index (χ3v) is 7.37. The molecule has 0 radical (unpaired) electrons. The molecule has 2 N–H and O–H groups in total. The number of aromatic amines is 1. The number of aromatic nitrogens is 2. The van der Waals surface area contributed by atoms with E-state index in [2.05, 4.69) is 46.4 Å². The first kappa shape index (κ1) is 24.0. The van der Waals surface area contributed by atoms with Gasteiger partial charge in [-0.1, -0.05) is 67.1 Å². The van der Waals surface area contributed by atoms with Crippen LogP contribution in [0.25, 0.3) is 39.6 Å². The van der Waals surface area contributed by atoms with E-state index in [1.165, 1.54) is 11.6 Å². The van der Waals surface area contributed by atoms with Crippen molar-refractivity contribution in [3.8, 4) is 22.5 Å². The van der Waals surface area contributed by atoms with Gasteiger partial charge in [-0.25, -0.2) is 9.37 Å². The molecule has 1 heterocycles. The highest BCUT2D eigenvalue weighted by atomic mass is 19.1. The molecule has 5 rings (SSSR count). The van der Waals surface area contributed by atoms with Crippen molar-refractivity contribution in [3.63, 3.8) is 0 Å². The summed E-state index contributed by atoms with van der Waals surface area (Å²) in [5, 5.41) is 9.11. The van der Waals surface area contributed by atoms with Gasteiger partial charge in [0, 0.05) is 23.6 Å². The van der Waals surface area contributed by atoms with Gasteiger partial charge in [-0.3, -0.25) is 4.79 Å². The fourth-order valence-electron chi connectivity index (χ4n) is 5.42. The lowest BCUT2D eigenvalue weighted by Crippen LogP contribution is -2.06. The summed E-state index contributed by atoms with van der Waals surface area (Å²) >= 11 is 0. The third-order valence-electron chi connectivity index (χ3n) is 7.37. The number of rotatable bonds is 6. The number of benzene rings is 3. The molecule has 0 bridgehead atoms. The standard InChI is InChI=1S/C31H31FN2O2/c1-2-4-26-18-28-29(19-27(26)32)34-31(33-28)25-15-13-24(14-16-25)23-11-9-22(10-12-23)21-6-3-5-20(7-8-21)17-30(35)36/h2,4,9-16,18-21H,3,5-8,17H2,1H3,(H,33,34)(H,35,36). The summed E-state index contributed by atoms with van der Waals surface area (Å²) in [7, 11) is 0. The molecule has 0 amide bonds. The first-order valence-corrected chi connectivity index (χ1v) is 12.7. The number of fused-ring (bicyclic) bond motifs is 1. The number of hydrogen-bond acceptors (Lipinski definition) is 2. The van der Waals surface area contributed by atoms with E-state index < -0.39 is 5.97 Å². The molecule has 5 heteroatoms. The maximum absolute atomic E-state index is 14.3. The van der Waals surface area contributed by atoms with Crippen LogP contribution in [-0.2, 0) is 4.79 Å². The molecular formula is C31H31FN2O2. The zero-order valence-electron chi connectivity index (χ0n) is 20.5. The van der Waals surface area contributed by atoms with Crippen molar-refractivity contribution in [1.82, 2.24) is 9.97 Å². The van der Waals surface area contributed by atoms with E-state index in [0.29, 0.717) is 29.3 Å². The second-order valence-electron chi connectivity index (χ2n) is 9.84. The van der Waals surface area contributed by atoms with Crippen LogP contribution < -0.4 is 0 Å². The van der Waals surface area contributed by atoms with Crippen molar-refractivity contribution < 1.29 is 14.3 Å². The molecule has 184 valence electrons. The minimum Gasteiger partial charge on any atom is -0.481 e. The summed E-state index contributed by atoms with van der Waals surface area (Å²) in [5.41, 5.74) is 6.54. The molecular weight excluding hydrogens is 451 g/mol. The average molecular weight is 483 g/mol. The SMILES string of the molecule is CC=Cc1cc2nc(-c3ccc(-c4ccc(C5CCCC(CC(=O)O)CC5)cc4)cc3)[nH]c2cc1F. The van der Waals surface area contributed by atoms with E-state index in [1.807, 2.05) is 25.1 Å². The molecule has 0 spiro atoms. The van der Waals surface area contributed by atoms with Gasteiger partial charge in [-0.15, -0.1) is 0 Å².